The van der Waals surface area contributed by atoms with Crippen LogP contribution in [0.1, 0.15) is 91.4 Å². The van der Waals surface area contributed by atoms with E-state index in [9.17, 15) is 0 Å². The molecule has 0 fully saturated rings. The standard InChI is InChI=1S/C19H41NO/c1-6-7-8-9-10-11-12-13-14-15-16-18(20-4)19(21-5)17(2)3/h17-20H,6-16H2,1-5H3. The fourth-order valence-corrected chi connectivity index (χ4v) is 3.23. The summed E-state index contributed by atoms with van der Waals surface area (Å²) in [5.41, 5.74) is 0. The highest BCUT2D eigenvalue weighted by Crippen LogP contribution is 2.17. The maximum absolute atomic E-state index is 5.64. The summed E-state index contributed by atoms with van der Waals surface area (Å²) in [5, 5.41) is 3.44. The summed E-state index contributed by atoms with van der Waals surface area (Å²) < 4.78 is 5.64. The summed E-state index contributed by atoms with van der Waals surface area (Å²) in [6, 6.07) is 0.504. The van der Waals surface area contributed by atoms with Crippen LogP contribution >= 0.6 is 0 Å². The lowest BCUT2D eigenvalue weighted by molar-refractivity contribution is 0.0322. The van der Waals surface area contributed by atoms with Crippen molar-refractivity contribution in [2.24, 2.45) is 5.92 Å². The molecule has 0 heterocycles. The molecule has 2 heteroatoms. The van der Waals surface area contributed by atoms with Gasteiger partial charge in [0.15, 0.2) is 0 Å². The van der Waals surface area contributed by atoms with Crippen molar-refractivity contribution in [3.05, 3.63) is 0 Å². The van der Waals surface area contributed by atoms with E-state index in [0.717, 1.165) is 0 Å². The molecule has 0 aromatic heterocycles. The highest BCUT2D eigenvalue weighted by molar-refractivity contribution is 4.78. The number of rotatable bonds is 15. The van der Waals surface area contributed by atoms with Gasteiger partial charge in [-0.2, -0.15) is 0 Å². The van der Waals surface area contributed by atoms with E-state index in [0.29, 0.717) is 18.1 Å². The zero-order valence-corrected chi connectivity index (χ0v) is 15.4. The molecule has 2 nitrogen and oxygen atoms in total. The van der Waals surface area contributed by atoms with Gasteiger partial charge >= 0.3 is 0 Å². The Kier molecular flexibility index (Phi) is 14.8. The lowest BCUT2D eigenvalue weighted by Gasteiger charge is -2.28. The Morgan fingerprint density at radius 3 is 1.67 bits per heavy atom. The Hall–Kier alpha value is -0.0800. The number of likely N-dealkylation sites (N-methyl/N-ethyl adjacent to an activating group) is 1. The van der Waals surface area contributed by atoms with Crippen LogP contribution in [0, 0.1) is 5.92 Å². The lowest BCUT2D eigenvalue weighted by Crippen LogP contribution is -2.41. The third-order valence-corrected chi connectivity index (χ3v) is 4.57. The quantitative estimate of drug-likeness (QED) is 0.400. The second-order valence-corrected chi connectivity index (χ2v) is 6.81. The van der Waals surface area contributed by atoms with Crippen molar-refractivity contribution >= 4 is 0 Å². The van der Waals surface area contributed by atoms with E-state index in [2.05, 4.69) is 33.1 Å². The Bertz CT molecular complexity index is 206. The predicted molar refractivity (Wildman–Crippen MR) is 94.9 cm³/mol. The molecule has 128 valence electrons. The first-order chi connectivity index (χ1) is 10.2. The van der Waals surface area contributed by atoms with Crippen LogP contribution in [0.2, 0.25) is 0 Å². The first-order valence-electron chi connectivity index (χ1n) is 9.37. The van der Waals surface area contributed by atoms with E-state index in [1.165, 1.54) is 70.6 Å². The minimum Gasteiger partial charge on any atom is -0.380 e. The van der Waals surface area contributed by atoms with Crippen molar-refractivity contribution < 1.29 is 4.74 Å². The first-order valence-corrected chi connectivity index (χ1v) is 9.37. The second kappa shape index (κ2) is 14.8. The molecule has 0 bridgehead atoms. The lowest BCUT2D eigenvalue weighted by atomic mass is 9.94. The van der Waals surface area contributed by atoms with Crippen LogP contribution < -0.4 is 5.32 Å². The number of hydrogen-bond acceptors (Lipinski definition) is 2. The van der Waals surface area contributed by atoms with Gasteiger partial charge in [0, 0.05) is 13.2 Å². The van der Waals surface area contributed by atoms with Gasteiger partial charge in [-0.25, -0.2) is 0 Å². The largest absolute Gasteiger partial charge is 0.380 e. The molecule has 0 aromatic rings. The number of hydrogen-bond donors (Lipinski definition) is 1. The molecule has 0 aliphatic heterocycles. The molecule has 0 rings (SSSR count). The summed E-state index contributed by atoms with van der Waals surface area (Å²) >= 11 is 0. The Balaban J connectivity index is 3.51. The second-order valence-electron chi connectivity index (χ2n) is 6.81. The molecule has 2 unspecified atom stereocenters. The molecule has 0 radical (unpaired) electrons. The number of methoxy groups -OCH3 is 1. The molecule has 0 amide bonds. The maximum Gasteiger partial charge on any atom is 0.0746 e. The molecule has 21 heavy (non-hydrogen) atoms. The van der Waals surface area contributed by atoms with Crippen molar-refractivity contribution in [3.8, 4) is 0 Å². The van der Waals surface area contributed by atoms with Crippen molar-refractivity contribution in [2.45, 2.75) is 104 Å². The van der Waals surface area contributed by atoms with Crippen LogP contribution in [-0.2, 0) is 4.74 Å². The first kappa shape index (κ1) is 20.9. The van der Waals surface area contributed by atoms with Gasteiger partial charge in [0.05, 0.1) is 6.10 Å². The van der Waals surface area contributed by atoms with E-state index < -0.39 is 0 Å². The van der Waals surface area contributed by atoms with E-state index >= 15 is 0 Å². The number of ether oxygens (including phenoxy) is 1. The van der Waals surface area contributed by atoms with Gasteiger partial charge in [-0.15, -0.1) is 0 Å². The topological polar surface area (TPSA) is 21.3 Å². The van der Waals surface area contributed by atoms with Gasteiger partial charge in [0.2, 0.25) is 0 Å². The van der Waals surface area contributed by atoms with Crippen LogP contribution in [0.15, 0.2) is 0 Å². The fraction of sp³-hybridized carbons (Fsp3) is 1.00. The average Bonchev–Trinajstić information content (AvgIpc) is 2.47. The van der Waals surface area contributed by atoms with Crippen molar-refractivity contribution in [1.29, 1.82) is 0 Å². The monoisotopic (exact) mass is 299 g/mol. The van der Waals surface area contributed by atoms with Gasteiger partial charge in [-0.3, -0.25) is 0 Å². The van der Waals surface area contributed by atoms with Gasteiger partial charge < -0.3 is 10.1 Å². The van der Waals surface area contributed by atoms with Crippen molar-refractivity contribution in [3.63, 3.8) is 0 Å². The zero-order valence-electron chi connectivity index (χ0n) is 15.4. The zero-order chi connectivity index (χ0) is 15.9. The van der Waals surface area contributed by atoms with Crippen LogP contribution in [0.3, 0.4) is 0 Å². The molecule has 0 aromatic carbocycles. The normalized spacial score (nSPS) is 14.6. The molecular weight excluding hydrogens is 258 g/mol. The minimum atomic E-state index is 0.341. The summed E-state index contributed by atoms with van der Waals surface area (Å²) in [5.74, 6) is 0.579. The SMILES string of the molecule is CCCCCCCCCCCCC(NC)C(OC)C(C)C. The molecule has 0 aliphatic carbocycles. The van der Waals surface area contributed by atoms with Crippen LogP contribution in [0.5, 0.6) is 0 Å². The van der Waals surface area contributed by atoms with Crippen LogP contribution in [0.25, 0.3) is 0 Å². The summed E-state index contributed by atoms with van der Waals surface area (Å²) in [4.78, 5) is 0. The van der Waals surface area contributed by atoms with E-state index in [-0.39, 0.29) is 0 Å². The minimum absolute atomic E-state index is 0.341. The highest BCUT2D eigenvalue weighted by atomic mass is 16.5. The Morgan fingerprint density at radius 1 is 0.810 bits per heavy atom. The Morgan fingerprint density at radius 2 is 1.29 bits per heavy atom. The molecule has 0 spiro atoms. The fourth-order valence-electron chi connectivity index (χ4n) is 3.23. The molecule has 1 N–H and O–H groups in total. The molecule has 0 saturated carbocycles. The Labute approximate surface area is 134 Å². The molecule has 0 aliphatic rings. The van der Waals surface area contributed by atoms with Crippen LogP contribution in [-0.4, -0.2) is 26.3 Å². The van der Waals surface area contributed by atoms with Crippen molar-refractivity contribution in [2.75, 3.05) is 14.2 Å². The van der Waals surface area contributed by atoms with Gasteiger partial charge in [0.1, 0.15) is 0 Å². The smallest absolute Gasteiger partial charge is 0.0746 e. The number of unbranched alkanes of at least 4 members (excludes halogenated alkanes) is 9. The molecule has 0 saturated heterocycles. The van der Waals surface area contributed by atoms with Gasteiger partial charge in [0.25, 0.3) is 0 Å². The van der Waals surface area contributed by atoms with Crippen molar-refractivity contribution in [1.82, 2.24) is 5.32 Å². The predicted octanol–water partition coefficient (Wildman–Crippen LogP) is 5.56. The number of nitrogens with one attached hydrogen (secondary N) is 1. The van der Waals surface area contributed by atoms with E-state index in [1.807, 2.05) is 7.11 Å². The molecular formula is C19H41NO. The van der Waals surface area contributed by atoms with Crippen LogP contribution in [0.4, 0.5) is 0 Å². The summed E-state index contributed by atoms with van der Waals surface area (Å²) in [6.45, 7) is 6.78. The third-order valence-electron chi connectivity index (χ3n) is 4.57. The maximum atomic E-state index is 5.64. The highest BCUT2D eigenvalue weighted by Gasteiger charge is 2.22. The molecule has 2 atom stereocenters. The summed E-state index contributed by atoms with van der Waals surface area (Å²) in [7, 11) is 3.91. The van der Waals surface area contributed by atoms with Gasteiger partial charge in [-0.05, 0) is 19.4 Å². The van der Waals surface area contributed by atoms with E-state index in [1.54, 1.807) is 0 Å². The third kappa shape index (κ3) is 11.2. The van der Waals surface area contributed by atoms with E-state index in [4.69, 9.17) is 4.74 Å². The average molecular weight is 300 g/mol. The summed E-state index contributed by atoms with van der Waals surface area (Å²) in [6.07, 6.45) is 15.6. The van der Waals surface area contributed by atoms with Gasteiger partial charge in [-0.1, -0.05) is 85.0 Å².